The SMILES string of the molecule is CC(C)(C)C1CCCN(Cc2cc(O)cc(F)c2)CC1. The normalized spacial score (nSPS) is 21.7. The van der Waals surface area contributed by atoms with Crippen molar-refractivity contribution in [1.29, 1.82) is 0 Å². The van der Waals surface area contributed by atoms with Gasteiger partial charge in [0.15, 0.2) is 0 Å². The highest BCUT2D eigenvalue weighted by Crippen LogP contribution is 2.34. The molecule has 0 amide bonds. The summed E-state index contributed by atoms with van der Waals surface area (Å²) < 4.78 is 13.3. The van der Waals surface area contributed by atoms with E-state index < -0.39 is 0 Å². The Morgan fingerprint density at radius 2 is 1.95 bits per heavy atom. The van der Waals surface area contributed by atoms with E-state index >= 15 is 0 Å². The number of nitrogens with zero attached hydrogens (tertiary/aromatic N) is 1. The van der Waals surface area contributed by atoms with Crippen molar-refractivity contribution in [3.8, 4) is 5.75 Å². The standard InChI is InChI=1S/C17H26FNO/c1-17(2,3)14-5-4-7-19(8-6-14)12-13-9-15(18)11-16(20)10-13/h9-11,14,20H,4-8,12H2,1-3H3. The minimum Gasteiger partial charge on any atom is -0.508 e. The Kier molecular flexibility index (Phi) is 4.69. The van der Waals surface area contributed by atoms with Crippen molar-refractivity contribution in [3.63, 3.8) is 0 Å². The third kappa shape index (κ3) is 4.20. The molecule has 0 aromatic heterocycles. The van der Waals surface area contributed by atoms with Crippen LogP contribution in [-0.2, 0) is 6.54 Å². The number of halogens is 1. The molecule has 0 bridgehead atoms. The first-order chi connectivity index (χ1) is 9.34. The first kappa shape index (κ1) is 15.3. The number of rotatable bonds is 2. The summed E-state index contributed by atoms with van der Waals surface area (Å²) in [5.74, 6) is 0.415. The maximum atomic E-state index is 13.3. The fourth-order valence-corrected chi connectivity index (χ4v) is 3.16. The quantitative estimate of drug-likeness (QED) is 0.878. The molecule has 2 rings (SSSR count). The van der Waals surface area contributed by atoms with E-state index in [0.717, 1.165) is 37.2 Å². The minimum atomic E-state index is -0.359. The molecular formula is C17H26FNO. The lowest BCUT2D eigenvalue weighted by Gasteiger charge is -2.29. The summed E-state index contributed by atoms with van der Waals surface area (Å²) in [6, 6.07) is 4.34. The van der Waals surface area contributed by atoms with Gasteiger partial charge in [-0.1, -0.05) is 20.8 Å². The minimum absolute atomic E-state index is 0.0161. The Morgan fingerprint density at radius 1 is 1.20 bits per heavy atom. The van der Waals surface area contributed by atoms with Gasteiger partial charge >= 0.3 is 0 Å². The van der Waals surface area contributed by atoms with Crippen LogP contribution in [0.25, 0.3) is 0 Å². The molecule has 3 heteroatoms. The average molecular weight is 279 g/mol. The van der Waals surface area contributed by atoms with Gasteiger partial charge in [-0.15, -0.1) is 0 Å². The topological polar surface area (TPSA) is 23.5 Å². The van der Waals surface area contributed by atoms with Gasteiger partial charge in [0.25, 0.3) is 0 Å². The Bertz CT molecular complexity index is 433. The van der Waals surface area contributed by atoms with Crippen molar-refractivity contribution in [1.82, 2.24) is 4.90 Å². The molecule has 1 saturated heterocycles. The van der Waals surface area contributed by atoms with Gasteiger partial charge in [-0.3, -0.25) is 4.90 Å². The second-order valence-electron chi connectivity index (χ2n) is 7.09. The lowest BCUT2D eigenvalue weighted by molar-refractivity contribution is 0.206. The van der Waals surface area contributed by atoms with E-state index in [0.29, 0.717) is 5.41 Å². The Morgan fingerprint density at radius 3 is 2.60 bits per heavy atom. The Balaban J connectivity index is 1.97. The molecule has 1 atom stereocenters. The van der Waals surface area contributed by atoms with Crippen molar-refractivity contribution in [2.75, 3.05) is 13.1 Å². The van der Waals surface area contributed by atoms with Gasteiger partial charge in [0, 0.05) is 12.6 Å². The third-order valence-electron chi connectivity index (χ3n) is 4.39. The molecule has 1 heterocycles. The zero-order valence-corrected chi connectivity index (χ0v) is 12.8. The van der Waals surface area contributed by atoms with Gasteiger partial charge in [0.05, 0.1) is 0 Å². The molecular weight excluding hydrogens is 253 g/mol. The zero-order chi connectivity index (χ0) is 14.8. The second kappa shape index (κ2) is 6.13. The van der Waals surface area contributed by atoms with Crippen LogP contribution in [0.5, 0.6) is 5.75 Å². The summed E-state index contributed by atoms with van der Waals surface area (Å²) in [6.45, 7) is 9.79. The number of aromatic hydroxyl groups is 1. The summed E-state index contributed by atoms with van der Waals surface area (Å²) in [7, 11) is 0. The summed E-state index contributed by atoms with van der Waals surface area (Å²) in [6.07, 6.45) is 3.67. The summed E-state index contributed by atoms with van der Waals surface area (Å²) in [5, 5.41) is 9.47. The van der Waals surface area contributed by atoms with Gasteiger partial charge < -0.3 is 5.11 Å². The Hall–Kier alpha value is -1.09. The highest BCUT2D eigenvalue weighted by molar-refractivity contribution is 5.28. The van der Waals surface area contributed by atoms with Gasteiger partial charge in [-0.05, 0) is 61.4 Å². The van der Waals surface area contributed by atoms with Gasteiger partial charge in [-0.2, -0.15) is 0 Å². The van der Waals surface area contributed by atoms with Crippen LogP contribution >= 0.6 is 0 Å². The molecule has 2 nitrogen and oxygen atoms in total. The van der Waals surface area contributed by atoms with Crippen LogP contribution in [0.3, 0.4) is 0 Å². The predicted octanol–water partition coefficient (Wildman–Crippen LogP) is 4.18. The number of likely N-dealkylation sites (tertiary alicyclic amines) is 1. The molecule has 1 fully saturated rings. The highest BCUT2D eigenvalue weighted by atomic mass is 19.1. The number of benzene rings is 1. The molecule has 1 N–H and O–H groups in total. The molecule has 0 aliphatic carbocycles. The fraction of sp³-hybridized carbons (Fsp3) is 0.647. The van der Waals surface area contributed by atoms with Gasteiger partial charge in [0.1, 0.15) is 11.6 Å². The number of phenolic OH excluding ortho intramolecular Hbond substituents is 1. The smallest absolute Gasteiger partial charge is 0.127 e. The van der Waals surface area contributed by atoms with E-state index in [9.17, 15) is 9.50 Å². The summed E-state index contributed by atoms with van der Waals surface area (Å²) in [5.41, 5.74) is 1.23. The fourth-order valence-electron chi connectivity index (χ4n) is 3.16. The number of hydrogen-bond donors (Lipinski definition) is 1. The van der Waals surface area contributed by atoms with Gasteiger partial charge in [-0.25, -0.2) is 4.39 Å². The van der Waals surface area contributed by atoms with Crippen LogP contribution in [0.1, 0.15) is 45.6 Å². The molecule has 112 valence electrons. The van der Waals surface area contributed by atoms with Crippen LogP contribution in [0.4, 0.5) is 4.39 Å². The summed E-state index contributed by atoms with van der Waals surface area (Å²) >= 11 is 0. The molecule has 20 heavy (non-hydrogen) atoms. The molecule has 1 aliphatic heterocycles. The van der Waals surface area contributed by atoms with E-state index in [1.807, 2.05) is 0 Å². The van der Waals surface area contributed by atoms with Crippen molar-refractivity contribution in [2.24, 2.45) is 11.3 Å². The van der Waals surface area contributed by atoms with Crippen molar-refractivity contribution in [2.45, 2.75) is 46.6 Å². The van der Waals surface area contributed by atoms with Crippen LogP contribution in [0, 0.1) is 17.2 Å². The predicted molar refractivity (Wildman–Crippen MR) is 80.1 cm³/mol. The molecule has 1 aliphatic rings. The van der Waals surface area contributed by atoms with E-state index in [1.165, 1.54) is 25.3 Å². The van der Waals surface area contributed by atoms with Crippen molar-refractivity contribution >= 4 is 0 Å². The lowest BCUT2D eigenvalue weighted by Crippen LogP contribution is -2.26. The molecule has 0 saturated carbocycles. The molecule has 0 spiro atoms. The lowest BCUT2D eigenvalue weighted by atomic mass is 9.77. The van der Waals surface area contributed by atoms with Crippen molar-refractivity contribution in [3.05, 3.63) is 29.6 Å². The van der Waals surface area contributed by atoms with Crippen LogP contribution in [0.2, 0.25) is 0 Å². The van der Waals surface area contributed by atoms with E-state index in [4.69, 9.17) is 0 Å². The zero-order valence-electron chi connectivity index (χ0n) is 12.8. The van der Waals surface area contributed by atoms with E-state index in [1.54, 1.807) is 6.07 Å². The highest BCUT2D eigenvalue weighted by Gasteiger charge is 2.27. The first-order valence-electron chi connectivity index (χ1n) is 7.55. The summed E-state index contributed by atoms with van der Waals surface area (Å²) in [4.78, 5) is 2.37. The molecule has 0 radical (unpaired) electrons. The third-order valence-corrected chi connectivity index (χ3v) is 4.39. The van der Waals surface area contributed by atoms with E-state index in [-0.39, 0.29) is 11.6 Å². The number of hydrogen-bond acceptors (Lipinski definition) is 2. The average Bonchev–Trinajstić information content (AvgIpc) is 2.52. The maximum absolute atomic E-state index is 13.3. The first-order valence-corrected chi connectivity index (χ1v) is 7.55. The maximum Gasteiger partial charge on any atom is 0.127 e. The van der Waals surface area contributed by atoms with Crippen molar-refractivity contribution < 1.29 is 9.50 Å². The van der Waals surface area contributed by atoms with Crippen LogP contribution < -0.4 is 0 Å². The number of phenols is 1. The molecule has 1 unspecified atom stereocenters. The van der Waals surface area contributed by atoms with Gasteiger partial charge in [0.2, 0.25) is 0 Å². The monoisotopic (exact) mass is 279 g/mol. The molecule has 1 aromatic carbocycles. The van der Waals surface area contributed by atoms with Crippen LogP contribution in [-0.4, -0.2) is 23.1 Å². The molecule has 1 aromatic rings. The van der Waals surface area contributed by atoms with Crippen LogP contribution in [0.15, 0.2) is 18.2 Å². The largest absolute Gasteiger partial charge is 0.508 e. The van der Waals surface area contributed by atoms with E-state index in [2.05, 4.69) is 25.7 Å². The second-order valence-corrected chi connectivity index (χ2v) is 7.09. The Labute approximate surface area is 121 Å².